The van der Waals surface area contributed by atoms with E-state index in [1.807, 2.05) is 11.4 Å². The molecule has 2 amide bonds. The first-order valence-corrected chi connectivity index (χ1v) is 16.4. The van der Waals surface area contributed by atoms with Crippen molar-refractivity contribution in [1.29, 1.82) is 0 Å². The van der Waals surface area contributed by atoms with E-state index < -0.39 is 18.5 Å². The van der Waals surface area contributed by atoms with Crippen LogP contribution in [-0.2, 0) is 55.8 Å². The second-order valence-corrected chi connectivity index (χ2v) is 13.8. The third-order valence-electron chi connectivity index (χ3n) is 9.09. The van der Waals surface area contributed by atoms with E-state index in [0.717, 1.165) is 17.6 Å². The van der Waals surface area contributed by atoms with Crippen molar-refractivity contribution in [3.8, 4) is 0 Å². The number of ketones is 1. The van der Waals surface area contributed by atoms with Crippen LogP contribution < -0.4 is 0 Å². The Hall–Kier alpha value is -4.29. The predicted octanol–water partition coefficient (Wildman–Crippen LogP) is 6.06. The van der Waals surface area contributed by atoms with Gasteiger partial charge in [0.2, 0.25) is 5.91 Å². The molecular formula is C35H37NO9S2. The van der Waals surface area contributed by atoms with Crippen molar-refractivity contribution < 1.29 is 42.9 Å². The number of imide groups is 1. The smallest absolute Gasteiger partial charge is 0.336 e. The highest BCUT2D eigenvalue weighted by atomic mass is 32.1. The summed E-state index contributed by atoms with van der Waals surface area (Å²) in [5.74, 6) is -0.837. The lowest BCUT2D eigenvalue weighted by atomic mass is 9.95. The molecule has 0 bridgehead atoms. The fraction of sp³-hybridized carbons (Fsp3) is 0.400. The van der Waals surface area contributed by atoms with E-state index in [2.05, 4.69) is 11.4 Å². The summed E-state index contributed by atoms with van der Waals surface area (Å²) < 4.78 is 21.0. The molecule has 6 atom stereocenters. The maximum Gasteiger partial charge on any atom is 0.336 e. The van der Waals surface area contributed by atoms with Crippen LogP contribution in [0, 0.1) is 11.8 Å². The molecule has 0 radical (unpaired) electrons. The minimum Gasteiger partial charge on any atom is -0.458 e. The van der Waals surface area contributed by atoms with E-state index in [-0.39, 0.29) is 56.3 Å². The molecule has 12 heteroatoms. The van der Waals surface area contributed by atoms with Crippen LogP contribution in [0.5, 0.6) is 0 Å². The molecule has 6 aliphatic rings. The summed E-state index contributed by atoms with van der Waals surface area (Å²) in [6.07, 6.45) is 6.71. The van der Waals surface area contributed by atoms with Crippen LogP contribution in [0.1, 0.15) is 74.9 Å². The van der Waals surface area contributed by atoms with Crippen LogP contribution in [0.15, 0.2) is 69.9 Å². The number of likely N-dealkylation sites (tertiary alicyclic amines) is 1. The third kappa shape index (κ3) is 5.89. The van der Waals surface area contributed by atoms with E-state index in [0.29, 0.717) is 35.5 Å². The average molecular weight is 680 g/mol. The zero-order valence-corrected chi connectivity index (χ0v) is 26.3. The van der Waals surface area contributed by atoms with Gasteiger partial charge >= 0.3 is 11.9 Å². The Kier molecular flexibility index (Phi) is 9.47. The third-order valence-corrected chi connectivity index (χ3v) is 11.0. The fourth-order valence-electron chi connectivity index (χ4n) is 6.89. The van der Waals surface area contributed by atoms with Crippen molar-refractivity contribution in [3.63, 3.8) is 0 Å². The molecule has 0 aromatic carbocycles. The van der Waals surface area contributed by atoms with Crippen molar-refractivity contribution in [1.82, 2.24) is 4.90 Å². The number of thiophene rings is 2. The molecule has 6 unspecified atom stereocenters. The molecule has 1 saturated carbocycles. The Balaban J connectivity index is 0.000000178. The Labute approximate surface area is 281 Å². The van der Waals surface area contributed by atoms with Gasteiger partial charge in [0, 0.05) is 63.8 Å². The van der Waals surface area contributed by atoms with Gasteiger partial charge in [-0.05, 0) is 66.6 Å². The van der Waals surface area contributed by atoms with Gasteiger partial charge < -0.3 is 18.9 Å². The Morgan fingerprint density at radius 2 is 1.32 bits per heavy atom. The summed E-state index contributed by atoms with van der Waals surface area (Å²) in [6.45, 7) is 4.72. The van der Waals surface area contributed by atoms with Crippen LogP contribution in [0.2, 0.25) is 0 Å². The number of fused-ring (bicyclic) bond motifs is 6. The summed E-state index contributed by atoms with van der Waals surface area (Å²) in [5, 5.41) is 4.07. The topological polar surface area (TPSA) is 126 Å². The lowest BCUT2D eigenvalue weighted by Gasteiger charge is -2.20. The number of ether oxygens (including phenoxy) is 4. The molecule has 8 rings (SSSR count). The molecule has 10 nitrogen and oxygen atoms in total. The monoisotopic (exact) mass is 679 g/mol. The van der Waals surface area contributed by atoms with Gasteiger partial charge in [0.25, 0.3) is 18.5 Å². The van der Waals surface area contributed by atoms with E-state index >= 15 is 0 Å². The average Bonchev–Trinajstić information content (AvgIpc) is 3.83. The number of cyclic esters (lactones) is 2. The van der Waals surface area contributed by atoms with Crippen LogP contribution in [0.3, 0.4) is 0 Å². The van der Waals surface area contributed by atoms with Crippen molar-refractivity contribution in [2.75, 3.05) is 0 Å². The van der Waals surface area contributed by atoms with Gasteiger partial charge in [-0.2, -0.15) is 0 Å². The first kappa shape index (κ1) is 34.1. The van der Waals surface area contributed by atoms with E-state index in [1.54, 1.807) is 48.7 Å². The minimum atomic E-state index is -0.821. The second-order valence-electron chi connectivity index (χ2n) is 11.8. The van der Waals surface area contributed by atoms with Crippen LogP contribution in [-0.4, -0.2) is 47.0 Å². The lowest BCUT2D eigenvalue weighted by Crippen LogP contribution is -2.32. The summed E-state index contributed by atoms with van der Waals surface area (Å²) >= 11 is 3.39. The van der Waals surface area contributed by atoms with Gasteiger partial charge in [-0.15, -0.1) is 22.7 Å². The highest BCUT2D eigenvalue weighted by Gasteiger charge is 2.52. The standard InChI is InChI=1S/C17H15NO5S.C16H14O4S.2CH4/c1-8-5-14(23-17(8)21)22-7-12-11-6-13-10(3-4-24-13)15(11)18(9(2)19)16(12)20;1-8-4-15(20-16(8)18)19-7-12-11-6-14-9(2-3-21-14)10(11)5-13(12)17;;/h3-5,7,11,14-15H,6H2,1-2H3;2-4,7,10-11,15H,5-6H2,1H3;2*1H4/b2*12-7+;;. The number of hydrogen-bond acceptors (Lipinski definition) is 11. The van der Waals surface area contributed by atoms with Gasteiger partial charge in [0.15, 0.2) is 5.78 Å². The van der Waals surface area contributed by atoms with Crippen LogP contribution in [0.25, 0.3) is 0 Å². The highest BCUT2D eigenvalue weighted by molar-refractivity contribution is 7.10. The van der Waals surface area contributed by atoms with Crippen LogP contribution in [0.4, 0.5) is 0 Å². The normalized spacial score (nSPS) is 29.5. The molecule has 5 heterocycles. The predicted molar refractivity (Wildman–Crippen MR) is 175 cm³/mol. The number of rotatable bonds is 4. The Morgan fingerprint density at radius 1 is 0.787 bits per heavy atom. The molecule has 2 aromatic rings. The van der Waals surface area contributed by atoms with Crippen LogP contribution >= 0.6 is 22.7 Å². The number of nitrogens with zero attached hydrogens (tertiary/aromatic N) is 1. The first-order valence-electron chi connectivity index (χ1n) is 14.6. The maximum atomic E-state index is 12.7. The lowest BCUT2D eigenvalue weighted by molar-refractivity contribution is -0.153. The van der Waals surface area contributed by atoms with Gasteiger partial charge in [0.05, 0.1) is 24.1 Å². The second kappa shape index (κ2) is 13.1. The molecular weight excluding hydrogens is 643 g/mol. The van der Waals surface area contributed by atoms with Gasteiger partial charge in [-0.25, -0.2) is 9.59 Å². The number of carbonyl (C=O) groups is 5. The number of esters is 2. The summed E-state index contributed by atoms with van der Waals surface area (Å²) in [5.41, 5.74) is 4.56. The van der Waals surface area contributed by atoms with E-state index in [1.165, 1.54) is 39.7 Å². The Bertz CT molecular complexity index is 1780. The zero-order chi connectivity index (χ0) is 31.6. The largest absolute Gasteiger partial charge is 0.458 e. The molecule has 2 fully saturated rings. The number of Topliss-reactive ketones (excluding diaryl/α,β-unsaturated/α-hetero) is 1. The van der Waals surface area contributed by atoms with Crippen molar-refractivity contribution in [3.05, 3.63) is 90.7 Å². The quantitative estimate of drug-likeness (QED) is 0.215. The van der Waals surface area contributed by atoms with E-state index in [4.69, 9.17) is 18.9 Å². The summed E-state index contributed by atoms with van der Waals surface area (Å²) in [7, 11) is 0. The summed E-state index contributed by atoms with van der Waals surface area (Å²) in [4.78, 5) is 63.4. The molecule has 0 spiro atoms. The maximum absolute atomic E-state index is 12.7. The zero-order valence-electron chi connectivity index (χ0n) is 24.6. The number of amides is 2. The molecule has 0 N–H and O–H groups in total. The Morgan fingerprint density at radius 3 is 1.87 bits per heavy atom. The number of allylic oxidation sites excluding steroid dienone is 1. The molecule has 248 valence electrons. The number of hydrogen-bond donors (Lipinski definition) is 0. The molecule has 1 saturated heterocycles. The van der Waals surface area contributed by atoms with Gasteiger partial charge in [-0.3, -0.25) is 19.3 Å². The molecule has 2 aromatic heterocycles. The number of carbonyl (C=O) groups excluding carboxylic acids is 5. The summed E-state index contributed by atoms with van der Waals surface area (Å²) in [6, 6.07) is 3.85. The molecule has 47 heavy (non-hydrogen) atoms. The molecule has 3 aliphatic heterocycles. The first-order chi connectivity index (χ1) is 21.6. The van der Waals surface area contributed by atoms with E-state index in [9.17, 15) is 24.0 Å². The molecule has 3 aliphatic carbocycles. The minimum absolute atomic E-state index is 0. The van der Waals surface area contributed by atoms with Gasteiger partial charge in [0.1, 0.15) is 0 Å². The fourth-order valence-corrected chi connectivity index (χ4v) is 8.88. The van der Waals surface area contributed by atoms with Crippen molar-refractivity contribution >= 4 is 52.2 Å². The van der Waals surface area contributed by atoms with Crippen molar-refractivity contribution in [2.45, 2.75) is 79.4 Å². The SMILES string of the molecule is C.C.CC(=O)N1C(=O)/C(=C/OC2C=C(C)C(=O)O2)C2Cc3sccc3C21.CC1=CC(O/C=C2/C(=O)CC3c4ccsc4CC23)OC1=O. The van der Waals surface area contributed by atoms with Crippen molar-refractivity contribution in [2.24, 2.45) is 11.8 Å². The highest BCUT2D eigenvalue weighted by Crippen LogP contribution is 2.52. The van der Waals surface area contributed by atoms with Gasteiger partial charge in [-0.1, -0.05) is 14.9 Å².